The maximum Gasteiger partial charge on any atom is 0.137 e. The van der Waals surface area contributed by atoms with Crippen LogP contribution in [0.4, 0.5) is 0 Å². The molecule has 2 nitrogen and oxygen atoms in total. The van der Waals surface area contributed by atoms with E-state index in [1.54, 1.807) is 17.6 Å². The van der Waals surface area contributed by atoms with Gasteiger partial charge in [-0.05, 0) is 62.1 Å². The van der Waals surface area contributed by atoms with Crippen molar-refractivity contribution in [2.24, 2.45) is 0 Å². The first-order valence-corrected chi connectivity index (χ1v) is 8.54. The summed E-state index contributed by atoms with van der Waals surface area (Å²) in [4.78, 5) is 2.95. The van der Waals surface area contributed by atoms with Crippen molar-refractivity contribution < 1.29 is 4.74 Å². The lowest BCUT2D eigenvalue weighted by Gasteiger charge is -2.16. The van der Waals surface area contributed by atoms with Gasteiger partial charge in [0.15, 0.2) is 0 Å². The van der Waals surface area contributed by atoms with Gasteiger partial charge in [-0.15, -0.1) is 11.3 Å². The van der Waals surface area contributed by atoms with Crippen LogP contribution >= 0.6 is 22.9 Å². The lowest BCUT2D eigenvalue weighted by atomic mass is 9.98. The summed E-state index contributed by atoms with van der Waals surface area (Å²) in [5, 5.41) is 4.08. The van der Waals surface area contributed by atoms with Crippen molar-refractivity contribution in [1.82, 2.24) is 5.32 Å². The van der Waals surface area contributed by atoms with Crippen LogP contribution in [0.1, 0.15) is 39.8 Å². The molecule has 1 unspecified atom stereocenters. The molecule has 0 bridgehead atoms. The summed E-state index contributed by atoms with van der Waals surface area (Å²) < 4.78 is 5.24. The number of ether oxygens (including phenoxy) is 1. The molecule has 3 rings (SSSR count). The first-order valence-electron chi connectivity index (χ1n) is 7.35. The van der Waals surface area contributed by atoms with Crippen molar-refractivity contribution in [2.45, 2.75) is 31.7 Å². The zero-order chi connectivity index (χ0) is 14.8. The second-order valence-corrected chi connectivity index (χ2v) is 7.00. The van der Waals surface area contributed by atoms with Crippen molar-refractivity contribution in [3.63, 3.8) is 0 Å². The van der Waals surface area contributed by atoms with Crippen molar-refractivity contribution in [3.8, 4) is 5.75 Å². The molecule has 0 saturated heterocycles. The number of hydrogen-bond acceptors (Lipinski definition) is 3. The first kappa shape index (κ1) is 14.9. The van der Waals surface area contributed by atoms with Crippen LogP contribution in [-0.4, -0.2) is 14.2 Å². The Balaban J connectivity index is 1.94. The van der Waals surface area contributed by atoms with Crippen LogP contribution in [0.3, 0.4) is 0 Å². The molecule has 2 aromatic rings. The zero-order valence-electron chi connectivity index (χ0n) is 12.4. The van der Waals surface area contributed by atoms with E-state index in [0.717, 1.165) is 5.75 Å². The summed E-state index contributed by atoms with van der Waals surface area (Å²) in [6.07, 6.45) is 5.11. The maximum atomic E-state index is 6.27. The number of thiophene rings is 1. The Bertz CT molecular complexity index is 614. The Morgan fingerprint density at radius 2 is 2.05 bits per heavy atom. The van der Waals surface area contributed by atoms with Crippen molar-refractivity contribution >= 4 is 22.9 Å². The topological polar surface area (TPSA) is 21.3 Å². The summed E-state index contributed by atoms with van der Waals surface area (Å²) in [7, 11) is 3.64. The molecule has 0 aliphatic heterocycles. The molecular weight excluding hydrogens is 302 g/mol. The molecular formula is C17H20ClNOS. The fourth-order valence-electron chi connectivity index (χ4n) is 2.99. The second kappa shape index (κ2) is 6.39. The van der Waals surface area contributed by atoms with Gasteiger partial charge in [0.1, 0.15) is 5.75 Å². The normalized spacial score (nSPS) is 15.6. The van der Waals surface area contributed by atoms with E-state index in [2.05, 4.69) is 17.4 Å². The van der Waals surface area contributed by atoms with Gasteiger partial charge in [0, 0.05) is 9.75 Å². The summed E-state index contributed by atoms with van der Waals surface area (Å²) in [6.45, 7) is 0. The van der Waals surface area contributed by atoms with Crippen LogP contribution in [0.2, 0.25) is 5.02 Å². The monoisotopic (exact) mass is 321 g/mol. The van der Waals surface area contributed by atoms with Crippen LogP contribution in [0.15, 0.2) is 24.3 Å². The first-order chi connectivity index (χ1) is 10.2. The molecule has 4 heteroatoms. The van der Waals surface area contributed by atoms with E-state index in [0.29, 0.717) is 5.02 Å². The molecule has 112 valence electrons. The highest BCUT2D eigenvalue weighted by Gasteiger charge is 2.20. The van der Waals surface area contributed by atoms with Crippen molar-refractivity contribution in [2.75, 3.05) is 14.2 Å². The molecule has 1 aliphatic rings. The molecule has 0 amide bonds. The number of rotatable bonds is 4. The minimum atomic E-state index is 0.198. The Hall–Kier alpha value is -1.03. The fourth-order valence-corrected chi connectivity index (χ4v) is 4.65. The average molecular weight is 322 g/mol. The molecule has 0 fully saturated rings. The molecule has 1 heterocycles. The lowest BCUT2D eigenvalue weighted by molar-refractivity contribution is 0.414. The highest BCUT2D eigenvalue weighted by Crippen LogP contribution is 2.36. The van der Waals surface area contributed by atoms with E-state index < -0.39 is 0 Å². The number of benzene rings is 1. The zero-order valence-corrected chi connectivity index (χ0v) is 14.0. The molecule has 1 aliphatic carbocycles. The maximum absolute atomic E-state index is 6.27. The molecule has 1 atom stereocenters. The third-order valence-corrected chi connectivity index (χ3v) is 5.70. The molecule has 1 N–H and O–H groups in total. The van der Waals surface area contributed by atoms with Crippen LogP contribution < -0.4 is 10.1 Å². The highest BCUT2D eigenvalue weighted by atomic mass is 35.5. The number of methoxy groups -OCH3 is 1. The highest BCUT2D eigenvalue weighted by molar-refractivity contribution is 7.12. The van der Waals surface area contributed by atoms with Gasteiger partial charge in [0.25, 0.3) is 0 Å². The van der Waals surface area contributed by atoms with Crippen LogP contribution in [0, 0.1) is 0 Å². The number of fused-ring (bicyclic) bond motifs is 1. The Kier molecular flexibility index (Phi) is 4.53. The quantitative estimate of drug-likeness (QED) is 0.888. The van der Waals surface area contributed by atoms with Crippen molar-refractivity contribution in [1.29, 1.82) is 0 Å². The molecule has 1 aromatic carbocycles. The number of hydrogen-bond donors (Lipinski definition) is 1. The van der Waals surface area contributed by atoms with Gasteiger partial charge in [0.05, 0.1) is 18.2 Å². The Labute approximate surface area is 135 Å². The summed E-state index contributed by atoms with van der Waals surface area (Å²) in [6, 6.07) is 8.60. The SMILES string of the molecule is CNC(c1ccc(OC)c(Cl)c1)c1cc2c(s1)CCCC2. The van der Waals surface area contributed by atoms with Gasteiger partial charge in [-0.2, -0.15) is 0 Å². The van der Waals surface area contributed by atoms with E-state index in [9.17, 15) is 0 Å². The standard InChI is InChI=1S/C17H20ClNOS/c1-19-17(12-7-8-14(20-2)13(18)9-12)16-10-11-5-3-4-6-15(11)21-16/h7-10,17,19H,3-6H2,1-2H3. The largest absolute Gasteiger partial charge is 0.495 e. The van der Waals surface area contributed by atoms with E-state index in [-0.39, 0.29) is 6.04 Å². The minimum absolute atomic E-state index is 0.198. The number of aryl methyl sites for hydroxylation is 2. The van der Waals surface area contributed by atoms with Gasteiger partial charge in [-0.1, -0.05) is 17.7 Å². The number of halogens is 1. The van der Waals surface area contributed by atoms with Crippen LogP contribution in [0.5, 0.6) is 5.75 Å². The molecule has 0 radical (unpaired) electrons. The predicted molar refractivity (Wildman–Crippen MR) is 89.9 cm³/mol. The third kappa shape index (κ3) is 2.96. The summed E-state index contributed by atoms with van der Waals surface area (Å²) >= 11 is 8.21. The molecule has 1 aromatic heterocycles. The van der Waals surface area contributed by atoms with Gasteiger partial charge in [0.2, 0.25) is 0 Å². The van der Waals surface area contributed by atoms with Gasteiger partial charge in [-0.25, -0.2) is 0 Å². The second-order valence-electron chi connectivity index (χ2n) is 5.42. The van der Waals surface area contributed by atoms with Crippen molar-refractivity contribution in [3.05, 3.63) is 50.2 Å². The van der Waals surface area contributed by atoms with E-state index in [1.807, 2.05) is 30.5 Å². The van der Waals surface area contributed by atoms with E-state index in [1.165, 1.54) is 36.1 Å². The molecule has 21 heavy (non-hydrogen) atoms. The Morgan fingerprint density at radius 3 is 2.71 bits per heavy atom. The minimum Gasteiger partial charge on any atom is -0.495 e. The summed E-state index contributed by atoms with van der Waals surface area (Å²) in [5.74, 6) is 0.723. The third-order valence-electron chi connectivity index (χ3n) is 4.10. The lowest BCUT2D eigenvalue weighted by Crippen LogP contribution is -2.16. The summed E-state index contributed by atoms with van der Waals surface area (Å²) in [5.41, 5.74) is 2.73. The molecule has 0 spiro atoms. The smallest absolute Gasteiger partial charge is 0.137 e. The average Bonchev–Trinajstić information content (AvgIpc) is 2.91. The van der Waals surface area contributed by atoms with Gasteiger partial charge >= 0.3 is 0 Å². The van der Waals surface area contributed by atoms with Crippen LogP contribution in [-0.2, 0) is 12.8 Å². The van der Waals surface area contributed by atoms with E-state index in [4.69, 9.17) is 16.3 Å². The number of nitrogens with one attached hydrogen (secondary N) is 1. The Morgan fingerprint density at radius 1 is 1.24 bits per heavy atom. The van der Waals surface area contributed by atoms with E-state index >= 15 is 0 Å². The van der Waals surface area contributed by atoms with Gasteiger partial charge in [-0.3, -0.25) is 0 Å². The van der Waals surface area contributed by atoms with Crippen LogP contribution in [0.25, 0.3) is 0 Å². The fraction of sp³-hybridized carbons (Fsp3) is 0.412. The molecule has 0 saturated carbocycles. The van der Waals surface area contributed by atoms with Gasteiger partial charge < -0.3 is 10.1 Å². The predicted octanol–water partition coefficient (Wildman–Crippen LogP) is 4.60.